The average molecular weight is 203 g/mol. The summed E-state index contributed by atoms with van der Waals surface area (Å²) >= 11 is 0. The largest absolute Gasteiger partial charge is 0.399 e. The molecule has 82 valence electrons. The molecule has 1 saturated carbocycles. The van der Waals surface area contributed by atoms with Gasteiger partial charge < -0.3 is 5.73 Å². The van der Waals surface area contributed by atoms with Crippen LogP contribution in [0.1, 0.15) is 44.6 Å². The molecular formula is C14H21N. The first-order chi connectivity index (χ1) is 7.16. The number of hydrogen-bond acceptors (Lipinski definition) is 1. The lowest BCUT2D eigenvalue weighted by Gasteiger charge is -2.33. The second-order valence-electron chi connectivity index (χ2n) is 5.17. The second-order valence-corrected chi connectivity index (χ2v) is 5.17. The minimum atomic E-state index is 0.745. The summed E-state index contributed by atoms with van der Waals surface area (Å²) < 4.78 is 0. The van der Waals surface area contributed by atoms with Gasteiger partial charge in [0, 0.05) is 5.69 Å². The Morgan fingerprint density at radius 3 is 2.40 bits per heavy atom. The SMILES string of the molecule is CC1CCC(C)C(c2ccc(N)cc2)C1. The molecule has 1 aromatic carbocycles. The van der Waals surface area contributed by atoms with Crippen molar-refractivity contribution in [3.8, 4) is 0 Å². The van der Waals surface area contributed by atoms with Gasteiger partial charge in [0.25, 0.3) is 0 Å². The van der Waals surface area contributed by atoms with E-state index in [1.807, 2.05) is 12.1 Å². The first-order valence-electron chi connectivity index (χ1n) is 6.02. The van der Waals surface area contributed by atoms with Crippen molar-refractivity contribution in [1.29, 1.82) is 0 Å². The Morgan fingerprint density at radius 2 is 1.73 bits per heavy atom. The number of nitrogens with two attached hydrogens (primary N) is 1. The summed E-state index contributed by atoms with van der Waals surface area (Å²) in [5, 5.41) is 0. The van der Waals surface area contributed by atoms with Gasteiger partial charge in [0.05, 0.1) is 0 Å². The standard InChI is InChI=1S/C14H21N/c1-10-3-4-11(2)14(9-10)12-5-7-13(15)8-6-12/h5-8,10-11,14H,3-4,9,15H2,1-2H3. The minimum absolute atomic E-state index is 0.745. The molecule has 0 amide bonds. The Kier molecular flexibility index (Phi) is 2.99. The quantitative estimate of drug-likeness (QED) is 0.690. The van der Waals surface area contributed by atoms with Gasteiger partial charge in [-0.2, -0.15) is 0 Å². The van der Waals surface area contributed by atoms with Gasteiger partial charge in [-0.3, -0.25) is 0 Å². The van der Waals surface area contributed by atoms with Crippen LogP contribution in [0.5, 0.6) is 0 Å². The van der Waals surface area contributed by atoms with Crippen molar-refractivity contribution in [2.24, 2.45) is 11.8 Å². The summed E-state index contributed by atoms with van der Waals surface area (Å²) in [5.74, 6) is 2.45. The Bertz CT molecular complexity index is 315. The summed E-state index contributed by atoms with van der Waals surface area (Å²) in [6.45, 7) is 4.75. The van der Waals surface area contributed by atoms with Crippen LogP contribution in [-0.4, -0.2) is 0 Å². The lowest BCUT2D eigenvalue weighted by atomic mass is 9.72. The zero-order valence-corrected chi connectivity index (χ0v) is 9.74. The van der Waals surface area contributed by atoms with E-state index in [1.165, 1.54) is 24.8 Å². The normalized spacial score (nSPS) is 31.5. The number of nitrogen functional groups attached to an aromatic ring is 1. The van der Waals surface area contributed by atoms with E-state index in [9.17, 15) is 0 Å². The molecule has 0 aliphatic heterocycles. The zero-order chi connectivity index (χ0) is 10.8. The van der Waals surface area contributed by atoms with Crippen molar-refractivity contribution in [2.45, 2.75) is 39.0 Å². The maximum Gasteiger partial charge on any atom is 0.0314 e. The van der Waals surface area contributed by atoms with E-state index in [4.69, 9.17) is 5.73 Å². The Hall–Kier alpha value is -0.980. The van der Waals surface area contributed by atoms with Crippen LogP contribution in [-0.2, 0) is 0 Å². The molecule has 2 rings (SSSR count). The second kappa shape index (κ2) is 4.26. The van der Waals surface area contributed by atoms with Gasteiger partial charge in [0.1, 0.15) is 0 Å². The summed E-state index contributed by atoms with van der Waals surface area (Å²) in [7, 11) is 0. The minimum Gasteiger partial charge on any atom is -0.399 e. The monoisotopic (exact) mass is 203 g/mol. The van der Waals surface area contributed by atoms with E-state index in [0.29, 0.717) is 0 Å². The topological polar surface area (TPSA) is 26.0 Å². The van der Waals surface area contributed by atoms with Crippen LogP contribution in [0.3, 0.4) is 0 Å². The fourth-order valence-electron chi connectivity index (χ4n) is 2.74. The number of hydrogen-bond donors (Lipinski definition) is 1. The molecule has 1 nitrogen and oxygen atoms in total. The molecule has 2 N–H and O–H groups in total. The van der Waals surface area contributed by atoms with E-state index in [0.717, 1.165) is 23.4 Å². The van der Waals surface area contributed by atoms with Crippen LogP contribution in [0.25, 0.3) is 0 Å². The summed E-state index contributed by atoms with van der Waals surface area (Å²) in [6.07, 6.45) is 4.11. The number of anilines is 1. The molecule has 0 spiro atoms. The Morgan fingerprint density at radius 1 is 1.07 bits per heavy atom. The van der Waals surface area contributed by atoms with Gasteiger partial charge in [-0.25, -0.2) is 0 Å². The third-order valence-electron chi connectivity index (χ3n) is 3.82. The Labute approximate surface area is 92.7 Å². The van der Waals surface area contributed by atoms with E-state index in [2.05, 4.69) is 26.0 Å². The molecule has 0 radical (unpaired) electrons. The highest BCUT2D eigenvalue weighted by Crippen LogP contribution is 2.40. The van der Waals surface area contributed by atoms with Gasteiger partial charge in [0.15, 0.2) is 0 Å². The van der Waals surface area contributed by atoms with Gasteiger partial charge in [-0.1, -0.05) is 32.4 Å². The maximum absolute atomic E-state index is 5.72. The maximum atomic E-state index is 5.72. The van der Waals surface area contributed by atoms with Crippen LogP contribution in [0, 0.1) is 11.8 Å². The molecule has 0 aromatic heterocycles. The molecule has 0 heterocycles. The van der Waals surface area contributed by atoms with Crippen LogP contribution in [0.15, 0.2) is 24.3 Å². The van der Waals surface area contributed by atoms with E-state index >= 15 is 0 Å². The molecule has 0 saturated heterocycles. The van der Waals surface area contributed by atoms with Crippen LogP contribution in [0.4, 0.5) is 5.69 Å². The summed E-state index contributed by atoms with van der Waals surface area (Å²) in [4.78, 5) is 0. The molecule has 1 aromatic rings. The van der Waals surface area contributed by atoms with Gasteiger partial charge in [0.2, 0.25) is 0 Å². The van der Waals surface area contributed by atoms with Gasteiger partial charge in [-0.15, -0.1) is 0 Å². The fraction of sp³-hybridized carbons (Fsp3) is 0.571. The van der Waals surface area contributed by atoms with Crippen molar-refractivity contribution in [3.05, 3.63) is 29.8 Å². The van der Waals surface area contributed by atoms with Crippen molar-refractivity contribution >= 4 is 5.69 Å². The first-order valence-corrected chi connectivity index (χ1v) is 6.02. The van der Waals surface area contributed by atoms with Crippen molar-refractivity contribution < 1.29 is 0 Å². The lowest BCUT2D eigenvalue weighted by Crippen LogP contribution is -2.19. The highest BCUT2D eigenvalue weighted by atomic mass is 14.5. The lowest BCUT2D eigenvalue weighted by molar-refractivity contribution is 0.264. The highest BCUT2D eigenvalue weighted by molar-refractivity contribution is 5.40. The van der Waals surface area contributed by atoms with E-state index in [1.54, 1.807) is 0 Å². The Balaban J connectivity index is 2.17. The van der Waals surface area contributed by atoms with Crippen LogP contribution >= 0.6 is 0 Å². The van der Waals surface area contributed by atoms with Crippen LogP contribution < -0.4 is 5.73 Å². The average Bonchev–Trinajstić information content (AvgIpc) is 2.23. The molecular weight excluding hydrogens is 182 g/mol. The third kappa shape index (κ3) is 2.34. The molecule has 3 unspecified atom stereocenters. The van der Waals surface area contributed by atoms with Gasteiger partial charge in [-0.05, 0) is 48.3 Å². The molecule has 1 aliphatic carbocycles. The van der Waals surface area contributed by atoms with Crippen molar-refractivity contribution in [1.82, 2.24) is 0 Å². The van der Waals surface area contributed by atoms with Crippen LogP contribution in [0.2, 0.25) is 0 Å². The third-order valence-corrected chi connectivity index (χ3v) is 3.82. The summed E-state index contributed by atoms with van der Waals surface area (Å²) in [5.41, 5.74) is 8.06. The molecule has 3 atom stereocenters. The van der Waals surface area contributed by atoms with E-state index in [-0.39, 0.29) is 0 Å². The first kappa shape index (κ1) is 10.5. The smallest absolute Gasteiger partial charge is 0.0314 e. The molecule has 1 heteroatoms. The predicted octanol–water partition coefficient (Wildman–Crippen LogP) is 3.81. The van der Waals surface area contributed by atoms with Gasteiger partial charge >= 0.3 is 0 Å². The molecule has 1 fully saturated rings. The molecule has 0 bridgehead atoms. The molecule has 1 aliphatic rings. The van der Waals surface area contributed by atoms with Crippen molar-refractivity contribution in [2.75, 3.05) is 5.73 Å². The predicted molar refractivity (Wildman–Crippen MR) is 65.8 cm³/mol. The highest BCUT2D eigenvalue weighted by Gasteiger charge is 2.26. The zero-order valence-electron chi connectivity index (χ0n) is 9.74. The molecule has 15 heavy (non-hydrogen) atoms. The number of benzene rings is 1. The van der Waals surface area contributed by atoms with Crippen molar-refractivity contribution in [3.63, 3.8) is 0 Å². The summed E-state index contributed by atoms with van der Waals surface area (Å²) in [6, 6.07) is 8.46. The van der Waals surface area contributed by atoms with E-state index < -0.39 is 0 Å². The fourth-order valence-corrected chi connectivity index (χ4v) is 2.74. The number of rotatable bonds is 1.